The van der Waals surface area contributed by atoms with Crippen molar-refractivity contribution in [2.75, 3.05) is 43.0 Å². The summed E-state index contributed by atoms with van der Waals surface area (Å²) in [5, 5.41) is 2.81. The van der Waals surface area contributed by atoms with Crippen LogP contribution in [0.2, 0.25) is 0 Å². The molecule has 1 fully saturated rings. The van der Waals surface area contributed by atoms with Crippen LogP contribution >= 0.6 is 0 Å². The molecular formula is C25H31N3O6S. The van der Waals surface area contributed by atoms with Gasteiger partial charge in [0.15, 0.2) is 5.75 Å². The van der Waals surface area contributed by atoms with Gasteiger partial charge in [-0.3, -0.25) is 9.59 Å². The van der Waals surface area contributed by atoms with Crippen molar-refractivity contribution in [3.63, 3.8) is 0 Å². The molecule has 4 rings (SSSR count). The molecule has 188 valence electrons. The Kier molecular flexibility index (Phi) is 7.32. The van der Waals surface area contributed by atoms with Crippen LogP contribution in [0.5, 0.6) is 11.5 Å². The Balaban J connectivity index is 1.78. The maximum absolute atomic E-state index is 13.7. The molecule has 2 aliphatic heterocycles. The number of anilines is 2. The maximum Gasteiger partial charge on any atom is 0.309 e. The van der Waals surface area contributed by atoms with Gasteiger partial charge in [-0.05, 0) is 38.0 Å². The van der Waals surface area contributed by atoms with Gasteiger partial charge in [0.1, 0.15) is 10.6 Å². The van der Waals surface area contributed by atoms with Crippen LogP contribution in [-0.4, -0.2) is 57.4 Å². The van der Waals surface area contributed by atoms with E-state index in [0.717, 1.165) is 0 Å². The minimum absolute atomic E-state index is 0.0549. The molecule has 2 aromatic rings. The molecule has 1 amide bonds. The van der Waals surface area contributed by atoms with Crippen molar-refractivity contribution >= 4 is 33.3 Å². The van der Waals surface area contributed by atoms with Crippen LogP contribution in [0.15, 0.2) is 41.3 Å². The van der Waals surface area contributed by atoms with Crippen molar-refractivity contribution in [1.29, 1.82) is 0 Å². The fraction of sp³-hybridized carbons (Fsp3) is 0.440. The van der Waals surface area contributed by atoms with Crippen LogP contribution in [0.3, 0.4) is 0 Å². The number of piperidine rings is 1. The van der Waals surface area contributed by atoms with E-state index in [1.165, 1.54) is 10.4 Å². The molecule has 0 aromatic heterocycles. The quantitative estimate of drug-likeness (QED) is 0.575. The maximum atomic E-state index is 13.7. The van der Waals surface area contributed by atoms with Gasteiger partial charge in [0.05, 0.1) is 29.5 Å². The number of esters is 1. The van der Waals surface area contributed by atoms with Gasteiger partial charge in [0.25, 0.3) is 5.91 Å². The Morgan fingerprint density at radius 3 is 2.46 bits per heavy atom. The average Bonchev–Trinajstić information content (AvgIpc) is 2.99. The number of carbonyl (C=O) groups is 2. The fourth-order valence-corrected chi connectivity index (χ4v) is 6.23. The number of nitrogens with zero attached hydrogens (tertiary/aromatic N) is 2. The van der Waals surface area contributed by atoms with Gasteiger partial charge < -0.3 is 19.7 Å². The second-order valence-corrected chi connectivity index (χ2v) is 10.4. The number of amides is 1. The van der Waals surface area contributed by atoms with Crippen molar-refractivity contribution in [1.82, 2.24) is 4.31 Å². The second kappa shape index (κ2) is 10.2. The lowest BCUT2D eigenvalue weighted by Crippen LogP contribution is -2.39. The molecule has 0 atom stereocenters. The summed E-state index contributed by atoms with van der Waals surface area (Å²) in [6.45, 7) is 7.22. The summed E-state index contributed by atoms with van der Waals surface area (Å²) in [6.07, 6.45) is 1.09. The Hall–Kier alpha value is -3.11. The predicted molar refractivity (Wildman–Crippen MR) is 133 cm³/mol. The second-order valence-electron chi connectivity index (χ2n) is 8.47. The Morgan fingerprint density at radius 2 is 1.80 bits per heavy atom. The third-order valence-corrected chi connectivity index (χ3v) is 8.52. The average molecular weight is 502 g/mol. The smallest absolute Gasteiger partial charge is 0.309 e. The third kappa shape index (κ3) is 4.85. The summed E-state index contributed by atoms with van der Waals surface area (Å²) < 4.78 is 40.0. The van der Waals surface area contributed by atoms with Crippen LogP contribution < -0.4 is 15.0 Å². The fourth-order valence-electron chi connectivity index (χ4n) is 4.55. The Morgan fingerprint density at radius 1 is 1.11 bits per heavy atom. The van der Waals surface area contributed by atoms with Gasteiger partial charge in [-0.25, -0.2) is 8.42 Å². The predicted octanol–water partition coefficient (Wildman–Crippen LogP) is 3.85. The van der Waals surface area contributed by atoms with Crippen molar-refractivity contribution in [2.45, 2.75) is 38.5 Å². The molecule has 0 unspecified atom stereocenters. The summed E-state index contributed by atoms with van der Waals surface area (Å²) in [5.41, 5.74) is 1.13. The van der Waals surface area contributed by atoms with Crippen molar-refractivity contribution < 1.29 is 27.5 Å². The van der Waals surface area contributed by atoms with Crippen LogP contribution in [0.1, 0.15) is 44.0 Å². The van der Waals surface area contributed by atoms with E-state index in [1.807, 2.05) is 4.90 Å². The lowest BCUT2D eigenvalue weighted by Gasteiger charge is -2.34. The molecule has 0 aliphatic carbocycles. The molecule has 2 aliphatic rings. The monoisotopic (exact) mass is 501 g/mol. The lowest BCUT2D eigenvalue weighted by molar-refractivity contribution is -0.148. The third-order valence-electron chi connectivity index (χ3n) is 6.44. The van der Waals surface area contributed by atoms with Gasteiger partial charge in [-0.1, -0.05) is 26.0 Å². The number of hydrogen-bond donors (Lipinski definition) is 1. The molecule has 0 radical (unpaired) electrons. The molecule has 2 heterocycles. The first-order valence-electron chi connectivity index (χ1n) is 12.0. The van der Waals surface area contributed by atoms with Crippen LogP contribution in [0, 0.1) is 5.92 Å². The van der Waals surface area contributed by atoms with Crippen LogP contribution in [0.4, 0.5) is 11.4 Å². The summed E-state index contributed by atoms with van der Waals surface area (Å²) in [5.74, 6) is -0.113. The number of para-hydroxylation sites is 2. The highest BCUT2D eigenvalue weighted by Gasteiger charge is 2.34. The molecule has 1 N–H and O–H groups in total. The zero-order chi connectivity index (χ0) is 25.2. The van der Waals surface area contributed by atoms with Gasteiger partial charge in [-0.2, -0.15) is 4.31 Å². The summed E-state index contributed by atoms with van der Waals surface area (Å²) >= 11 is 0. The molecule has 0 bridgehead atoms. The summed E-state index contributed by atoms with van der Waals surface area (Å²) in [7, 11) is -3.89. The minimum atomic E-state index is -3.89. The molecule has 9 nitrogen and oxygen atoms in total. The number of fused-ring (bicyclic) bond motifs is 2. The van der Waals surface area contributed by atoms with Crippen LogP contribution in [0.25, 0.3) is 0 Å². The van der Waals surface area contributed by atoms with E-state index >= 15 is 0 Å². The van der Waals surface area contributed by atoms with E-state index in [4.69, 9.17) is 9.47 Å². The molecule has 35 heavy (non-hydrogen) atoms. The standard InChI is InChI=1S/C25H31N3O6S/c1-4-28(5-2)35(31,32)23-15-18-22(34-21-10-8-7-9-19(21)26-24(18)29)16-20(23)27-13-11-17(12-14-27)25(30)33-6-3/h7-10,15-17H,4-6,11-14H2,1-3H3,(H,26,29). The number of nitrogens with one attached hydrogen (secondary N) is 1. The molecule has 10 heteroatoms. The van der Waals surface area contributed by atoms with E-state index < -0.39 is 15.9 Å². The topological polar surface area (TPSA) is 105 Å². The molecular weight excluding hydrogens is 470 g/mol. The molecule has 2 aromatic carbocycles. The Labute approximate surface area is 206 Å². The number of rotatable bonds is 7. The number of ether oxygens (including phenoxy) is 2. The van der Waals surface area contributed by atoms with E-state index in [0.29, 0.717) is 62.8 Å². The Bertz CT molecular complexity index is 1220. The summed E-state index contributed by atoms with van der Waals surface area (Å²) in [4.78, 5) is 27.3. The molecule has 0 saturated carbocycles. The van der Waals surface area contributed by atoms with Gasteiger partial charge in [0, 0.05) is 32.2 Å². The van der Waals surface area contributed by atoms with Crippen LogP contribution in [-0.2, 0) is 19.6 Å². The van der Waals surface area contributed by atoms with Crippen molar-refractivity contribution in [2.24, 2.45) is 5.92 Å². The highest BCUT2D eigenvalue weighted by atomic mass is 32.2. The van der Waals surface area contributed by atoms with Crippen molar-refractivity contribution in [3.8, 4) is 11.5 Å². The SMILES string of the molecule is CCOC(=O)C1CCN(c2cc3c(cc2S(=O)(=O)N(CC)CC)C(=O)Nc2ccccc2O3)CC1. The number of benzene rings is 2. The normalized spacial score (nSPS) is 16.1. The zero-order valence-corrected chi connectivity index (χ0v) is 21.1. The lowest BCUT2D eigenvalue weighted by atomic mass is 9.96. The first-order valence-corrected chi connectivity index (χ1v) is 13.4. The van der Waals surface area contributed by atoms with E-state index in [9.17, 15) is 18.0 Å². The van der Waals surface area contributed by atoms with Gasteiger partial charge in [-0.15, -0.1) is 0 Å². The van der Waals surface area contributed by atoms with Gasteiger partial charge >= 0.3 is 5.97 Å². The number of sulfonamides is 1. The van der Waals surface area contributed by atoms with E-state index in [-0.39, 0.29) is 28.1 Å². The molecule has 0 spiro atoms. The van der Waals surface area contributed by atoms with E-state index in [2.05, 4.69) is 5.32 Å². The first kappa shape index (κ1) is 25.0. The summed E-state index contributed by atoms with van der Waals surface area (Å²) in [6, 6.07) is 10.1. The number of carbonyl (C=O) groups excluding carboxylic acids is 2. The molecule has 1 saturated heterocycles. The zero-order valence-electron chi connectivity index (χ0n) is 20.2. The number of hydrogen-bond acceptors (Lipinski definition) is 7. The highest BCUT2D eigenvalue weighted by molar-refractivity contribution is 7.89. The van der Waals surface area contributed by atoms with Crippen molar-refractivity contribution in [3.05, 3.63) is 42.0 Å². The van der Waals surface area contributed by atoms with E-state index in [1.54, 1.807) is 51.1 Å². The largest absolute Gasteiger partial charge is 0.466 e. The van der Waals surface area contributed by atoms with Gasteiger partial charge in [0.2, 0.25) is 10.0 Å². The highest BCUT2D eigenvalue weighted by Crippen LogP contribution is 2.41. The minimum Gasteiger partial charge on any atom is -0.466 e. The first-order chi connectivity index (χ1) is 16.8.